The molecule has 0 unspecified atom stereocenters. The van der Waals surface area contributed by atoms with Crippen molar-refractivity contribution in [3.8, 4) is 22.6 Å². The fraction of sp³-hybridized carbons (Fsp3) is 0.333. The molecule has 5 heteroatoms. The number of benzene rings is 3. The normalized spacial score (nSPS) is 11.3. The summed E-state index contributed by atoms with van der Waals surface area (Å²) in [4.78, 5) is 0.130. The lowest BCUT2D eigenvalue weighted by atomic mass is 10.0. The molecule has 0 heterocycles. The van der Waals surface area contributed by atoms with E-state index in [1.807, 2.05) is 43.3 Å². The average molecular weight is 453 g/mol. The predicted octanol–water partition coefficient (Wildman–Crippen LogP) is 7.17. The van der Waals surface area contributed by atoms with Crippen molar-refractivity contribution in [2.75, 3.05) is 6.61 Å². The van der Waals surface area contributed by atoms with Crippen LogP contribution < -0.4 is 8.92 Å². The van der Waals surface area contributed by atoms with E-state index in [0.29, 0.717) is 12.2 Å². The van der Waals surface area contributed by atoms with Crippen LogP contribution >= 0.6 is 0 Å². The molecule has 0 amide bonds. The first-order valence-electron chi connectivity index (χ1n) is 11.3. The molecule has 3 aromatic rings. The minimum absolute atomic E-state index is 0.130. The number of ether oxygens (including phenoxy) is 1. The third kappa shape index (κ3) is 6.60. The second-order valence-corrected chi connectivity index (χ2v) is 9.51. The SMILES string of the molecule is CCCCCCCCOc1ccccc1-c1ccccc1OS(=O)(=O)c1ccc(C)cc1. The van der Waals surface area contributed by atoms with Crippen molar-refractivity contribution < 1.29 is 17.3 Å². The van der Waals surface area contributed by atoms with Crippen LogP contribution in [0.15, 0.2) is 77.7 Å². The van der Waals surface area contributed by atoms with Crippen molar-refractivity contribution in [2.24, 2.45) is 0 Å². The highest BCUT2D eigenvalue weighted by Gasteiger charge is 2.20. The van der Waals surface area contributed by atoms with Crippen molar-refractivity contribution >= 4 is 10.1 Å². The highest BCUT2D eigenvalue weighted by atomic mass is 32.2. The maximum Gasteiger partial charge on any atom is 0.339 e. The molecule has 32 heavy (non-hydrogen) atoms. The summed E-state index contributed by atoms with van der Waals surface area (Å²) in [7, 11) is -3.95. The van der Waals surface area contributed by atoms with Crippen LogP contribution in [0.1, 0.15) is 51.0 Å². The zero-order valence-corrected chi connectivity index (χ0v) is 19.7. The lowest BCUT2D eigenvalue weighted by Gasteiger charge is -2.15. The van der Waals surface area contributed by atoms with E-state index in [0.717, 1.165) is 29.7 Å². The number of aryl methyl sites for hydroxylation is 1. The maximum absolute atomic E-state index is 12.8. The molecule has 0 aliphatic heterocycles. The molecule has 0 saturated heterocycles. The summed E-state index contributed by atoms with van der Waals surface area (Å²) < 4.78 is 37.3. The molecule has 0 radical (unpaired) electrons. The van der Waals surface area contributed by atoms with Crippen molar-refractivity contribution in [1.29, 1.82) is 0 Å². The molecule has 3 rings (SSSR count). The van der Waals surface area contributed by atoms with Gasteiger partial charge in [-0.25, -0.2) is 0 Å². The molecule has 0 saturated carbocycles. The molecule has 0 spiro atoms. The molecule has 0 aliphatic rings. The number of rotatable bonds is 12. The van der Waals surface area contributed by atoms with Crippen LogP contribution in [0, 0.1) is 6.92 Å². The Bertz CT molecular complexity index is 1090. The van der Waals surface area contributed by atoms with Crippen molar-refractivity contribution in [3.63, 3.8) is 0 Å². The third-order valence-corrected chi connectivity index (χ3v) is 6.58. The molecule has 170 valence electrons. The van der Waals surface area contributed by atoms with Gasteiger partial charge in [0.1, 0.15) is 10.6 Å². The Labute approximate surface area is 192 Å². The average Bonchev–Trinajstić information content (AvgIpc) is 2.79. The van der Waals surface area contributed by atoms with E-state index in [9.17, 15) is 8.42 Å². The van der Waals surface area contributed by atoms with Crippen LogP contribution in [-0.2, 0) is 10.1 Å². The summed E-state index contributed by atoms with van der Waals surface area (Å²) in [5.74, 6) is 1.01. The van der Waals surface area contributed by atoms with E-state index in [4.69, 9.17) is 8.92 Å². The lowest BCUT2D eigenvalue weighted by Crippen LogP contribution is -2.10. The van der Waals surface area contributed by atoms with Gasteiger partial charge in [0.05, 0.1) is 6.61 Å². The van der Waals surface area contributed by atoms with Gasteiger partial charge in [-0.15, -0.1) is 0 Å². The summed E-state index contributed by atoms with van der Waals surface area (Å²) in [6.45, 7) is 4.76. The van der Waals surface area contributed by atoms with Gasteiger partial charge in [0.25, 0.3) is 0 Å². The molecular formula is C27H32O4S. The topological polar surface area (TPSA) is 52.6 Å². The van der Waals surface area contributed by atoms with Crippen LogP contribution in [0.2, 0.25) is 0 Å². The molecule has 0 N–H and O–H groups in total. The van der Waals surface area contributed by atoms with Gasteiger partial charge in [0.2, 0.25) is 0 Å². The molecule has 0 aromatic heterocycles. The number of hydrogen-bond acceptors (Lipinski definition) is 4. The first-order valence-corrected chi connectivity index (χ1v) is 12.7. The smallest absolute Gasteiger partial charge is 0.339 e. The monoisotopic (exact) mass is 452 g/mol. The van der Waals surface area contributed by atoms with Crippen molar-refractivity contribution in [2.45, 2.75) is 57.3 Å². The molecule has 0 fully saturated rings. The Balaban J connectivity index is 1.76. The van der Waals surface area contributed by atoms with Gasteiger partial charge in [0, 0.05) is 11.1 Å². The van der Waals surface area contributed by atoms with Crippen molar-refractivity contribution in [1.82, 2.24) is 0 Å². The third-order valence-electron chi connectivity index (χ3n) is 5.33. The van der Waals surface area contributed by atoms with Gasteiger partial charge in [-0.2, -0.15) is 8.42 Å². The Morgan fingerprint density at radius 1 is 0.688 bits per heavy atom. The molecule has 0 bridgehead atoms. The van der Waals surface area contributed by atoms with Gasteiger partial charge >= 0.3 is 10.1 Å². The predicted molar refractivity (Wildman–Crippen MR) is 130 cm³/mol. The van der Waals surface area contributed by atoms with Crippen molar-refractivity contribution in [3.05, 3.63) is 78.4 Å². The second-order valence-electron chi connectivity index (χ2n) is 7.96. The summed E-state index contributed by atoms with van der Waals surface area (Å²) in [6.07, 6.45) is 7.17. The van der Waals surface area contributed by atoms with E-state index in [1.165, 1.54) is 25.7 Å². The summed E-state index contributed by atoms with van der Waals surface area (Å²) >= 11 is 0. The summed E-state index contributed by atoms with van der Waals surface area (Å²) in [5.41, 5.74) is 2.48. The van der Waals surface area contributed by atoms with Gasteiger partial charge in [0.15, 0.2) is 5.75 Å². The Morgan fingerprint density at radius 2 is 1.25 bits per heavy atom. The molecule has 3 aromatic carbocycles. The van der Waals surface area contributed by atoms with Gasteiger partial charge < -0.3 is 8.92 Å². The fourth-order valence-corrected chi connectivity index (χ4v) is 4.46. The van der Waals surface area contributed by atoms with E-state index >= 15 is 0 Å². The van der Waals surface area contributed by atoms with Crippen LogP contribution in [0.5, 0.6) is 11.5 Å². The summed E-state index contributed by atoms with van der Waals surface area (Å²) in [5, 5.41) is 0. The van der Waals surface area contributed by atoms with Gasteiger partial charge in [-0.3, -0.25) is 0 Å². The van der Waals surface area contributed by atoms with E-state index in [-0.39, 0.29) is 10.6 Å². The number of para-hydroxylation sites is 2. The lowest BCUT2D eigenvalue weighted by molar-refractivity contribution is 0.305. The molecular weight excluding hydrogens is 420 g/mol. The quantitative estimate of drug-likeness (QED) is 0.216. The highest BCUT2D eigenvalue weighted by molar-refractivity contribution is 7.87. The minimum atomic E-state index is -3.95. The Morgan fingerprint density at radius 3 is 1.94 bits per heavy atom. The molecule has 0 aliphatic carbocycles. The van der Waals surface area contributed by atoms with Gasteiger partial charge in [-0.1, -0.05) is 93.1 Å². The zero-order valence-electron chi connectivity index (χ0n) is 18.9. The summed E-state index contributed by atoms with van der Waals surface area (Å²) in [6, 6.07) is 21.5. The number of hydrogen-bond donors (Lipinski definition) is 0. The number of unbranched alkanes of at least 4 members (excludes halogenated alkanes) is 5. The Kier molecular flexibility index (Phi) is 8.74. The van der Waals surface area contributed by atoms with E-state index in [2.05, 4.69) is 6.92 Å². The van der Waals surface area contributed by atoms with E-state index < -0.39 is 10.1 Å². The first kappa shape index (κ1) is 23.9. The fourth-order valence-electron chi connectivity index (χ4n) is 3.51. The zero-order chi connectivity index (χ0) is 22.8. The molecule has 0 atom stereocenters. The first-order chi connectivity index (χ1) is 15.5. The molecule has 4 nitrogen and oxygen atoms in total. The van der Waals surface area contributed by atoms with Crippen LogP contribution in [0.3, 0.4) is 0 Å². The maximum atomic E-state index is 12.8. The second kappa shape index (κ2) is 11.7. The standard InChI is InChI=1S/C27H32O4S/c1-3-4-5-6-7-12-21-30-26-15-10-8-13-24(26)25-14-9-11-16-27(25)31-32(28,29)23-19-17-22(2)18-20-23/h8-11,13-20H,3-7,12,21H2,1-2H3. The highest BCUT2D eigenvalue weighted by Crippen LogP contribution is 2.37. The minimum Gasteiger partial charge on any atom is -0.493 e. The Hall–Kier alpha value is -2.79. The largest absolute Gasteiger partial charge is 0.493 e. The van der Waals surface area contributed by atoms with Crippen LogP contribution in [-0.4, -0.2) is 15.0 Å². The van der Waals surface area contributed by atoms with Crippen LogP contribution in [0.25, 0.3) is 11.1 Å². The van der Waals surface area contributed by atoms with Gasteiger partial charge in [-0.05, 0) is 37.6 Å². The van der Waals surface area contributed by atoms with E-state index in [1.54, 1.807) is 36.4 Å². The van der Waals surface area contributed by atoms with Crippen LogP contribution in [0.4, 0.5) is 0 Å².